The van der Waals surface area contributed by atoms with E-state index in [-0.39, 0.29) is 12.3 Å². The molecule has 22 heavy (non-hydrogen) atoms. The lowest BCUT2D eigenvalue weighted by molar-refractivity contribution is -0.0366. The topological polar surface area (TPSA) is 79.4 Å². The van der Waals surface area contributed by atoms with E-state index in [1.807, 2.05) is 36.0 Å². The van der Waals surface area contributed by atoms with E-state index < -0.39 is 6.09 Å². The third-order valence-electron chi connectivity index (χ3n) is 3.98. The molecular formula is C16H21N3O3. The highest BCUT2D eigenvalue weighted by Gasteiger charge is 2.19. The lowest BCUT2D eigenvalue weighted by Gasteiger charge is -2.23. The number of amides is 1. The fraction of sp³-hybridized carbons (Fsp3) is 0.500. The van der Waals surface area contributed by atoms with E-state index in [1.54, 1.807) is 0 Å². The van der Waals surface area contributed by atoms with E-state index in [2.05, 4.69) is 5.10 Å². The molecule has 6 nitrogen and oxygen atoms in total. The third-order valence-corrected chi connectivity index (χ3v) is 3.98. The Morgan fingerprint density at radius 1 is 1.55 bits per heavy atom. The van der Waals surface area contributed by atoms with Gasteiger partial charge in [0, 0.05) is 18.4 Å². The number of carbonyl (C=O) groups excluding carboxylic acids is 1. The Hall–Kier alpha value is -2.08. The Morgan fingerprint density at radius 3 is 3.14 bits per heavy atom. The van der Waals surface area contributed by atoms with Crippen molar-refractivity contribution >= 4 is 17.0 Å². The van der Waals surface area contributed by atoms with E-state index in [1.165, 1.54) is 0 Å². The molecule has 1 amide bonds. The highest BCUT2D eigenvalue weighted by molar-refractivity contribution is 5.82. The van der Waals surface area contributed by atoms with Gasteiger partial charge in [-0.2, -0.15) is 5.10 Å². The minimum Gasteiger partial charge on any atom is -0.446 e. The first-order chi connectivity index (χ1) is 10.6. The predicted octanol–water partition coefficient (Wildman–Crippen LogP) is 2.76. The van der Waals surface area contributed by atoms with E-state index >= 15 is 0 Å². The van der Waals surface area contributed by atoms with Gasteiger partial charge in [0.25, 0.3) is 0 Å². The summed E-state index contributed by atoms with van der Waals surface area (Å²) >= 11 is 0. The van der Waals surface area contributed by atoms with Crippen LogP contribution in [0.4, 0.5) is 4.79 Å². The molecule has 1 saturated heterocycles. The first-order valence-corrected chi connectivity index (χ1v) is 7.68. The van der Waals surface area contributed by atoms with E-state index in [4.69, 9.17) is 15.2 Å². The molecule has 1 aliphatic rings. The summed E-state index contributed by atoms with van der Waals surface area (Å²) in [6.07, 6.45) is 4.74. The molecular weight excluding hydrogens is 282 g/mol. The molecule has 2 heterocycles. The molecule has 2 atom stereocenters. The summed E-state index contributed by atoms with van der Waals surface area (Å²) in [6.45, 7) is 2.62. The van der Waals surface area contributed by atoms with Crippen molar-refractivity contribution in [2.45, 2.75) is 44.9 Å². The standard InChI is InChI=1S/C16H21N3O3/c1-11(22-16(17)20)9-12-5-4-6-14-13(12)10-18-19(14)15-7-2-3-8-21-15/h4-6,10-11,15H,2-3,7-9H2,1H3,(H2,17,20)/t11-,15?/m1/s1. The molecule has 2 aromatic rings. The number of ether oxygens (including phenoxy) is 2. The second-order valence-electron chi connectivity index (χ2n) is 5.71. The van der Waals surface area contributed by atoms with Crippen molar-refractivity contribution in [3.63, 3.8) is 0 Å². The van der Waals surface area contributed by atoms with Crippen molar-refractivity contribution in [3.8, 4) is 0 Å². The molecule has 0 spiro atoms. The molecule has 118 valence electrons. The van der Waals surface area contributed by atoms with Gasteiger partial charge in [0.2, 0.25) is 0 Å². The van der Waals surface area contributed by atoms with Crippen molar-refractivity contribution < 1.29 is 14.3 Å². The summed E-state index contributed by atoms with van der Waals surface area (Å²) in [4.78, 5) is 10.8. The summed E-state index contributed by atoms with van der Waals surface area (Å²) in [6, 6.07) is 6.07. The monoisotopic (exact) mass is 303 g/mol. The van der Waals surface area contributed by atoms with Gasteiger partial charge in [-0.15, -0.1) is 0 Å². The highest BCUT2D eigenvalue weighted by Crippen LogP contribution is 2.28. The van der Waals surface area contributed by atoms with Gasteiger partial charge in [-0.25, -0.2) is 9.48 Å². The number of nitrogens with two attached hydrogens (primary N) is 1. The normalized spacial score (nSPS) is 20.0. The number of hydrogen-bond donors (Lipinski definition) is 1. The zero-order valence-corrected chi connectivity index (χ0v) is 12.7. The average Bonchev–Trinajstić information content (AvgIpc) is 2.92. The zero-order chi connectivity index (χ0) is 15.5. The van der Waals surface area contributed by atoms with Crippen LogP contribution in [-0.2, 0) is 15.9 Å². The van der Waals surface area contributed by atoms with Crippen molar-refractivity contribution in [2.75, 3.05) is 6.61 Å². The summed E-state index contributed by atoms with van der Waals surface area (Å²) in [5.74, 6) is 0. The van der Waals surface area contributed by atoms with Crippen LogP contribution in [0.1, 0.15) is 38.0 Å². The summed E-state index contributed by atoms with van der Waals surface area (Å²) in [5, 5.41) is 5.57. The van der Waals surface area contributed by atoms with E-state index in [0.29, 0.717) is 6.42 Å². The molecule has 0 aliphatic carbocycles. The fourth-order valence-corrected chi connectivity index (χ4v) is 3.00. The quantitative estimate of drug-likeness (QED) is 0.942. The van der Waals surface area contributed by atoms with Crippen LogP contribution in [0.25, 0.3) is 10.9 Å². The Kier molecular flexibility index (Phi) is 4.29. The van der Waals surface area contributed by atoms with Crippen molar-refractivity contribution in [3.05, 3.63) is 30.0 Å². The zero-order valence-electron chi connectivity index (χ0n) is 12.7. The molecule has 6 heteroatoms. The molecule has 0 bridgehead atoms. The largest absolute Gasteiger partial charge is 0.446 e. The van der Waals surface area contributed by atoms with Crippen LogP contribution >= 0.6 is 0 Å². The van der Waals surface area contributed by atoms with Gasteiger partial charge in [-0.3, -0.25) is 0 Å². The summed E-state index contributed by atoms with van der Waals surface area (Å²) in [5.41, 5.74) is 7.21. The van der Waals surface area contributed by atoms with Gasteiger partial charge in [-0.05, 0) is 37.8 Å². The number of rotatable bonds is 4. The van der Waals surface area contributed by atoms with Crippen molar-refractivity contribution in [1.82, 2.24) is 9.78 Å². The number of nitrogens with zero attached hydrogens (tertiary/aromatic N) is 2. The Balaban J connectivity index is 1.86. The minimum atomic E-state index is -0.744. The predicted molar refractivity (Wildman–Crippen MR) is 82.4 cm³/mol. The number of primary amides is 1. The van der Waals surface area contributed by atoms with Gasteiger partial charge in [-0.1, -0.05) is 12.1 Å². The Labute approximate surface area is 129 Å². The average molecular weight is 303 g/mol. The summed E-state index contributed by atoms with van der Waals surface area (Å²) < 4.78 is 12.8. The van der Waals surface area contributed by atoms with Crippen LogP contribution in [0.5, 0.6) is 0 Å². The van der Waals surface area contributed by atoms with Crippen LogP contribution in [0.2, 0.25) is 0 Å². The molecule has 1 aromatic carbocycles. The smallest absolute Gasteiger partial charge is 0.404 e. The first kappa shape index (κ1) is 14.8. The highest BCUT2D eigenvalue weighted by atomic mass is 16.6. The molecule has 1 unspecified atom stereocenters. The lowest BCUT2D eigenvalue weighted by Crippen LogP contribution is -2.22. The summed E-state index contributed by atoms with van der Waals surface area (Å²) in [7, 11) is 0. The van der Waals surface area contributed by atoms with Gasteiger partial charge >= 0.3 is 6.09 Å². The van der Waals surface area contributed by atoms with Crippen molar-refractivity contribution in [1.29, 1.82) is 0 Å². The molecule has 3 rings (SSSR count). The molecule has 0 radical (unpaired) electrons. The maximum Gasteiger partial charge on any atom is 0.404 e. The second-order valence-corrected chi connectivity index (χ2v) is 5.71. The molecule has 0 saturated carbocycles. The fourth-order valence-electron chi connectivity index (χ4n) is 3.00. The Bertz CT molecular complexity index is 662. The number of hydrogen-bond acceptors (Lipinski definition) is 4. The molecule has 1 fully saturated rings. The number of fused-ring (bicyclic) bond motifs is 1. The SMILES string of the molecule is C[C@H](Cc1cccc2c1cnn2C1CCCCO1)OC(N)=O. The maximum atomic E-state index is 10.8. The molecule has 1 aliphatic heterocycles. The van der Waals surface area contributed by atoms with Gasteiger partial charge in [0.15, 0.2) is 6.23 Å². The van der Waals surface area contributed by atoms with Crippen molar-refractivity contribution in [2.24, 2.45) is 5.73 Å². The van der Waals surface area contributed by atoms with E-state index in [9.17, 15) is 4.79 Å². The molecule has 2 N–H and O–H groups in total. The third kappa shape index (κ3) is 3.06. The number of carbonyl (C=O) groups is 1. The second kappa shape index (κ2) is 6.36. The van der Waals surface area contributed by atoms with Crippen LogP contribution in [0.15, 0.2) is 24.4 Å². The Morgan fingerprint density at radius 2 is 2.41 bits per heavy atom. The lowest BCUT2D eigenvalue weighted by atomic mass is 10.0. The molecule has 1 aromatic heterocycles. The van der Waals surface area contributed by atoms with Gasteiger partial charge in [0.1, 0.15) is 6.10 Å². The number of aromatic nitrogens is 2. The van der Waals surface area contributed by atoms with Crippen LogP contribution in [-0.4, -0.2) is 28.6 Å². The van der Waals surface area contributed by atoms with Gasteiger partial charge < -0.3 is 15.2 Å². The minimum absolute atomic E-state index is 0.0146. The van der Waals surface area contributed by atoms with Gasteiger partial charge in [0.05, 0.1) is 11.7 Å². The van der Waals surface area contributed by atoms with Crippen LogP contribution in [0.3, 0.4) is 0 Å². The first-order valence-electron chi connectivity index (χ1n) is 7.68. The van der Waals surface area contributed by atoms with E-state index in [0.717, 1.165) is 42.3 Å². The maximum absolute atomic E-state index is 10.8. The van der Waals surface area contributed by atoms with Crippen LogP contribution in [0, 0.1) is 0 Å². The van der Waals surface area contributed by atoms with Crippen LogP contribution < -0.4 is 5.73 Å². The number of benzene rings is 1.